The van der Waals surface area contributed by atoms with Crippen molar-refractivity contribution in [1.29, 1.82) is 0 Å². The predicted octanol–water partition coefficient (Wildman–Crippen LogP) is 3.93. The smallest absolute Gasteiger partial charge is 0.287 e. The van der Waals surface area contributed by atoms with Crippen molar-refractivity contribution < 1.29 is 18.1 Å². The molecule has 0 amide bonds. The Hall–Kier alpha value is -0.150. The van der Waals surface area contributed by atoms with Crippen LogP contribution in [-0.2, 0) is 18.1 Å². The first-order valence-electron chi connectivity index (χ1n) is 6.17. The van der Waals surface area contributed by atoms with Gasteiger partial charge in [0.25, 0.3) is 0 Å². The fourth-order valence-corrected chi connectivity index (χ4v) is 3.07. The van der Waals surface area contributed by atoms with Gasteiger partial charge in [-0.15, -0.1) is 0 Å². The van der Waals surface area contributed by atoms with Crippen LogP contribution in [0.4, 0.5) is 0 Å². The molecule has 0 N–H and O–H groups in total. The molecule has 0 bridgehead atoms. The molecule has 0 heterocycles. The lowest BCUT2D eigenvalue weighted by molar-refractivity contribution is 0.0898. The van der Waals surface area contributed by atoms with Crippen LogP contribution in [0, 0.1) is 5.41 Å². The molecule has 1 aliphatic rings. The molecular formula is C12H23O4P. The molecule has 0 unspecified atom stereocenters. The topological polar surface area (TPSA) is 44.8 Å². The SMILES string of the molecule is CCOP(=O)(OCC)O[C@H]1C=CC(C)(C)CC1. The van der Waals surface area contributed by atoms with E-state index in [0.717, 1.165) is 12.8 Å². The third-order valence-electron chi connectivity index (χ3n) is 2.67. The molecule has 0 saturated heterocycles. The molecule has 17 heavy (non-hydrogen) atoms. The number of allylic oxidation sites excluding steroid dienone is 1. The van der Waals surface area contributed by atoms with Gasteiger partial charge in [-0.05, 0) is 32.1 Å². The molecule has 0 aromatic carbocycles. The minimum absolute atomic E-state index is 0.174. The van der Waals surface area contributed by atoms with Crippen LogP contribution in [0.5, 0.6) is 0 Å². The van der Waals surface area contributed by atoms with Gasteiger partial charge in [-0.2, -0.15) is 0 Å². The molecule has 0 saturated carbocycles. The Bertz CT molecular complexity index is 302. The van der Waals surface area contributed by atoms with Gasteiger partial charge >= 0.3 is 7.82 Å². The minimum atomic E-state index is -3.38. The molecule has 0 radical (unpaired) electrons. The van der Waals surface area contributed by atoms with Gasteiger partial charge in [0.15, 0.2) is 0 Å². The second-order valence-electron chi connectivity index (χ2n) is 4.81. The zero-order valence-electron chi connectivity index (χ0n) is 11.1. The molecule has 1 rings (SSSR count). The van der Waals surface area contributed by atoms with Crippen LogP contribution in [0.3, 0.4) is 0 Å². The number of rotatable bonds is 6. The summed E-state index contributed by atoms with van der Waals surface area (Å²) in [5.74, 6) is 0. The van der Waals surface area contributed by atoms with Crippen molar-refractivity contribution in [2.24, 2.45) is 5.41 Å². The molecule has 0 aromatic rings. The van der Waals surface area contributed by atoms with Gasteiger partial charge in [-0.3, -0.25) is 13.6 Å². The lowest BCUT2D eigenvalue weighted by atomic mass is 9.82. The number of hydrogen-bond donors (Lipinski definition) is 0. The molecule has 0 aliphatic heterocycles. The molecule has 1 atom stereocenters. The third-order valence-corrected chi connectivity index (χ3v) is 4.35. The highest BCUT2D eigenvalue weighted by molar-refractivity contribution is 7.48. The Morgan fingerprint density at radius 2 is 1.88 bits per heavy atom. The summed E-state index contributed by atoms with van der Waals surface area (Å²) in [5.41, 5.74) is 0.196. The summed E-state index contributed by atoms with van der Waals surface area (Å²) in [6.07, 6.45) is 5.73. The number of hydrogen-bond acceptors (Lipinski definition) is 4. The maximum Gasteiger partial charge on any atom is 0.475 e. The van der Waals surface area contributed by atoms with Gasteiger partial charge < -0.3 is 0 Å². The average molecular weight is 262 g/mol. The summed E-state index contributed by atoms with van der Waals surface area (Å²) < 4.78 is 27.8. The normalized spacial score (nSPS) is 23.9. The van der Waals surface area contributed by atoms with E-state index in [1.807, 2.05) is 6.08 Å². The molecule has 1 aliphatic carbocycles. The van der Waals surface area contributed by atoms with Crippen LogP contribution >= 0.6 is 7.82 Å². The average Bonchev–Trinajstić information content (AvgIpc) is 2.22. The Labute approximate surface area is 104 Å². The van der Waals surface area contributed by atoms with E-state index >= 15 is 0 Å². The van der Waals surface area contributed by atoms with Crippen molar-refractivity contribution in [3.8, 4) is 0 Å². The van der Waals surface area contributed by atoms with Gasteiger partial charge in [0.1, 0.15) is 0 Å². The van der Waals surface area contributed by atoms with Crippen LogP contribution in [0.15, 0.2) is 12.2 Å². The van der Waals surface area contributed by atoms with Crippen LogP contribution in [0.2, 0.25) is 0 Å². The molecule has 0 fully saturated rings. The van der Waals surface area contributed by atoms with Crippen LogP contribution in [0.1, 0.15) is 40.5 Å². The number of phosphoric acid groups is 1. The van der Waals surface area contributed by atoms with Crippen molar-refractivity contribution in [3.05, 3.63) is 12.2 Å². The number of phosphoric ester groups is 1. The first-order valence-corrected chi connectivity index (χ1v) is 7.64. The fourth-order valence-electron chi connectivity index (χ4n) is 1.73. The lowest BCUT2D eigenvalue weighted by Gasteiger charge is -2.29. The maximum absolute atomic E-state index is 12.1. The maximum atomic E-state index is 12.1. The zero-order chi connectivity index (χ0) is 12.9. The van der Waals surface area contributed by atoms with Crippen molar-refractivity contribution in [3.63, 3.8) is 0 Å². The Morgan fingerprint density at radius 3 is 2.29 bits per heavy atom. The third kappa shape index (κ3) is 4.92. The van der Waals surface area contributed by atoms with Gasteiger partial charge in [-0.25, -0.2) is 4.57 Å². The fraction of sp³-hybridized carbons (Fsp3) is 0.833. The van der Waals surface area contributed by atoms with Gasteiger partial charge in [0, 0.05) is 0 Å². The van der Waals surface area contributed by atoms with E-state index in [1.54, 1.807) is 13.8 Å². The summed E-state index contributed by atoms with van der Waals surface area (Å²) in [4.78, 5) is 0. The summed E-state index contributed by atoms with van der Waals surface area (Å²) in [6.45, 7) is 8.52. The molecule has 100 valence electrons. The van der Waals surface area contributed by atoms with E-state index in [1.165, 1.54) is 0 Å². The highest BCUT2D eigenvalue weighted by atomic mass is 31.2. The highest BCUT2D eigenvalue weighted by Crippen LogP contribution is 2.51. The first-order chi connectivity index (χ1) is 7.91. The largest absolute Gasteiger partial charge is 0.475 e. The highest BCUT2D eigenvalue weighted by Gasteiger charge is 2.31. The zero-order valence-corrected chi connectivity index (χ0v) is 12.0. The molecular weight excluding hydrogens is 239 g/mol. The summed E-state index contributed by atoms with van der Waals surface area (Å²) in [7, 11) is -3.38. The molecule has 0 aromatic heterocycles. The lowest BCUT2D eigenvalue weighted by Crippen LogP contribution is -2.21. The summed E-state index contributed by atoms with van der Waals surface area (Å²) in [6, 6.07) is 0. The van der Waals surface area contributed by atoms with Crippen LogP contribution in [-0.4, -0.2) is 19.3 Å². The summed E-state index contributed by atoms with van der Waals surface area (Å²) >= 11 is 0. The molecule has 4 nitrogen and oxygen atoms in total. The minimum Gasteiger partial charge on any atom is -0.287 e. The van der Waals surface area contributed by atoms with Crippen molar-refractivity contribution in [2.75, 3.05) is 13.2 Å². The van der Waals surface area contributed by atoms with Crippen LogP contribution < -0.4 is 0 Å². The van der Waals surface area contributed by atoms with Crippen LogP contribution in [0.25, 0.3) is 0 Å². The van der Waals surface area contributed by atoms with E-state index in [9.17, 15) is 4.57 Å². The van der Waals surface area contributed by atoms with Gasteiger partial charge in [-0.1, -0.05) is 26.0 Å². The van der Waals surface area contributed by atoms with Crippen molar-refractivity contribution in [1.82, 2.24) is 0 Å². The van der Waals surface area contributed by atoms with E-state index < -0.39 is 7.82 Å². The molecule has 5 heteroatoms. The Kier molecular flexibility index (Phi) is 5.39. The van der Waals surface area contributed by atoms with Crippen molar-refractivity contribution in [2.45, 2.75) is 46.6 Å². The first kappa shape index (κ1) is 14.9. The molecule has 0 spiro atoms. The monoisotopic (exact) mass is 262 g/mol. The Balaban J connectivity index is 2.60. The quantitative estimate of drug-likeness (QED) is 0.537. The second-order valence-corrected chi connectivity index (χ2v) is 6.43. The predicted molar refractivity (Wildman–Crippen MR) is 67.9 cm³/mol. The van der Waals surface area contributed by atoms with E-state index in [2.05, 4.69) is 19.9 Å². The summed E-state index contributed by atoms with van der Waals surface area (Å²) in [5, 5.41) is 0. The van der Waals surface area contributed by atoms with Crippen molar-refractivity contribution >= 4 is 7.82 Å². The van der Waals surface area contributed by atoms with E-state index in [-0.39, 0.29) is 11.5 Å². The second kappa shape index (κ2) is 6.14. The van der Waals surface area contributed by atoms with E-state index in [4.69, 9.17) is 13.6 Å². The van der Waals surface area contributed by atoms with E-state index in [0.29, 0.717) is 13.2 Å². The van der Waals surface area contributed by atoms with Gasteiger partial charge in [0.2, 0.25) is 0 Å². The van der Waals surface area contributed by atoms with Gasteiger partial charge in [0.05, 0.1) is 19.3 Å². The Morgan fingerprint density at radius 1 is 1.29 bits per heavy atom. The standard InChI is InChI=1S/C12H23O4P/c1-5-14-17(13,15-6-2)16-11-7-9-12(3,4)10-8-11/h7,9,11H,5-6,8,10H2,1-4H3/t11-/m0/s1.